The zero-order valence-corrected chi connectivity index (χ0v) is 7.90. The van der Waals surface area contributed by atoms with Gasteiger partial charge in [-0.15, -0.1) is 0 Å². The lowest BCUT2D eigenvalue weighted by Gasteiger charge is -2.35. The molecule has 0 amide bonds. The van der Waals surface area contributed by atoms with Gasteiger partial charge in [0, 0.05) is 19.3 Å². The summed E-state index contributed by atoms with van der Waals surface area (Å²) in [5.41, 5.74) is 2.53. The van der Waals surface area contributed by atoms with Gasteiger partial charge in [0.2, 0.25) is 5.85 Å². The van der Waals surface area contributed by atoms with Crippen molar-refractivity contribution in [2.75, 3.05) is 13.3 Å². The molecule has 0 fully saturated rings. The first-order valence-corrected chi connectivity index (χ1v) is 4.21. The topological polar surface area (TPSA) is 57.1 Å². The smallest absolute Gasteiger partial charge is 0.215 e. The van der Waals surface area contributed by atoms with Crippen LogP contribution in [0.25, 0.3) is 0 Å². The minimum absolute atomic E-state index is 0.420. The van der Waals surface area contributed by atoms with Crippen molar-refractivity contribution in [2.24, 2.45) is 4.99 Å². The van der Waals surface area contributed by atoms with E-state index in [9.17, 15) is 5.11 Å². The number of rotatable bonds is 4. The molecule has 0 saturated carbocycles. The van der Waals surface area contributed by atoms with Crippen LogP contribution in [0.5, 0.6) is 0 Å². The van der Waals surface area contributed by atoms with Gasteiger partial charge in [-0.05, 0) is 13.0 Å². The number of aliphatic imine (C=N–C) groups is 1. The molecule has 1 atom stereocenters. The summed E-state index contributed by atoms with van der Waals surface area (Å²) in [6.07, 6.45) is 5.19. The van der Waals surface area contributed by atoms with Crippen LogP contribution in [0, 0.1) is 0 Å². The van der Waals surface area contributed by atoms with Gasteiger partial charge < -0.3 is 10.0 Å². The molecule has 2 N–H and O–H groups in total. The lowest BCUT2D eigenvalue weighted by Crippen LogP contribution is -2.55. The Balaban J connectivity index is 2.48. The van der Waals surface area contributed by atoms with Crippen LogP contribution in [-0.2, 0) is 4.84 Å². The Morgan fingerprint density at radius 1 is 1.77 bits per heavy atom. The van der Waals surface area contributed by atoms with Crippen molar-refractivity contribution in [3.05, 3.63) is 12.3 Å². The molecule has 1 aliphatic heterocycles. The third-order valence-electron chi connectivity index (χ3n) is 1.66. The molecule has 1 unspecified atom stereocenters. The van der Waals surface area contributed by atoms with E-state index in [0.29, 0.717) is 13.3 Å². The molecule has 1 rings (SSSR count). The maximum atomic E-state index is 9.84. The van der Waals surface area contributed by atoms with E-state index in [1.165, 1.54) is 0 Å². The molecular weight excluding hydrogens is 170 g/mol. The number of nitrogens with one attached hydrogen (secondary N) is 1. The third-order valence-corrected chi connectivity index (χ3v) is 1.66. The Labute approximate surface area is 77.7 Å². The lowest BCUT2D eigenvalue weighted by atomic mass is 10.4. The van der Waals surface area contributed by atoms with E-state index >= 15 is 0 Å². The van der Waals surface area contributed by atoms with Gasteiger partial charge in [0.05, 0.1) is 6.61 Å². The van der Waals surface area contributed by atoms with E-state index in [4.69, 9.17) is 4.84 Å². The fourth-order valence-corrected chi connectivity index (χ4v) is 0.936. The second kappa shape index (κ2) is 4.36. The first kappa shape index (κ1) is 10.2. The van der Waals surface area contributed by atoms with Gasteiger partial charge in [0.25, 0.3) is 0 Å². The van der Waals surface area contributed by atoms with Crippen LogP contribution in [0.2, 0.25) is 0 Å². The van der Waals surface area contributed by atoms with Crippen LogP contribution in [0.4, 0.5) is 0 Å². The highest BCUT2D eigenvalue weighted by atomic mass is 16.7. The predicted molar refractivity (Wildman–Crippen MR) is 49.7 cm³/mol. The largest absolute Gasteiger partial charge is 0.357 e. The summed E-state index contributed by atoms with van der Waals surface area (Å²) < 4.78 is 0. The van der Waals surface area contributed by atoms with Crippen molar-refractivity contribution in [3.63, 3.8) is 0 Å². The molecule has 0 aromatic carbocycles. The second-order valence-electron chi connectivity index (χ2n) is 2.84. The van der Waals surface area contributed by atoms with Crippen LogP contribution in [0.15, 0.2) is 17.3 Å². The monoisotopic (exact) mass is 185 g/mol. The van der Waals surface area contributed by atoms with E-state index in [1.807, 2.05) is 6.92 Å². The Morgan fingerprint density at radius 2 is 2.54 bits per heavy atom. The number of aliphatic hydroxyl groups is 1. The van der Waals surface area contributed by atoms with Crippen molar-refractivity contribution >= 4 is 6.21 Å². The quantitative estimate of drug-likeness (QED) is 0.480. The normalized spacial score (nSPS) is 20.4. The molecule has 0 radical (unpaired) electrons. The van der Waals surface area contributed by atoms with E-state index in [-0.39, 0.29) is 0 Å². The number of hydrogen-bond acceptors (Lipinski definition) is 5. The fourth-order valence-electron chi connectivity index (χ4n) is 0.936. The highest BCUT2D eigenvalue weighted by Crippen LogP contribution is 2.09. The van der Waals surface area contributed by atoms with Gasteiger partial charge in [-0.25, -0.2) is 0 Å². The molecule has 0 saturated heterocycles. The summed E-state index contributed by atoms with van der Waals surface area (Å²) in [5, 5.41) is 9.84. The highest BCUT2D eigenvalue weighted by molar-refractivity contribution is 5.71. The summed E-state index contributed by atoms with van der Waals surface area (Å²) in [4.78, 5) is 10.5. The average molecular weight is 185 g/mol. The van der Waals surface area contributed by atoms with Crippen molar-refractivity contribution < 1.29 is 9.94 Å². The minimum Gasteiger partial charge on any atom is -0.357 e. The molecular formula is C8H15N3O2. The molecule has 0 bridgehead atoms. The fraction of sp³-hybridized carbons (Fsp3) is 0.625. The average Bonchev–Trinajstić information content (AvgIpc) is 2.16. The Bertz CT molecular complexity index is 213. The maximum absolute atomic E-state index is 9.84. The molecule has 1 heterocycles. The Hall–Kier alpha value is -0.910. The number of hydroxylamine groups is 1. The van der Waals surface area contributed by atoms with Crippen molar-refractivity contribution in [1.29, 1.82) is 0 Å². The molecule has 5 nitrogen and oxygen atoms in total. The Kier molecular flexibility index (Phi) is 3.41. The zero-order valence-electron chi connectivity index (χ0n) is 7.90. The van der Waals surface area contributed by atoms with Gasteiger partial charge in [-0.2, -0.15) is 5.48 Å². The van der Waals surface area contributed by atoms with Crippen molar-refractivity contribution in [1.82, 2.24) is 10.4 Å². The van der Waals surface area contributed by atoms with Gasteiger partial charge >= 0.3 is 0 Å². The molecule has 0 aliphatic carbocycles. The van der Waals surface area contributed by atoms with E-state index in [2.05, 4.69) is 10.5 Å². The summed E-state index contributed by atoms with van der Waals surface area (Å²) in [5.74, 6) is -1.22. The van der Waals surface area contributed by atoms with E-state index in [1.54, 1.807) is 30.3 Å². The zero-order chi connectivity index (χ0) is 9.73. The van der Waals surface area contributed by atoms with Crippen LogP contribution < -0.4 is 5.48 Å². The predicted octanol–water partition coefficient (Wildman–Crippen LogP) is 0.0511. The summed E-state index contributed by atoms with van der Waals surface area (Å²) in [6.45, 7) is 4.36. The third kappa shape index (κ3) is 2.80. The van der Waals surface area contributed by atoms with E-state index < -0.39 is 5.85 Å². The second-order valence-corrected chi connectivity index (χ2v) is 2.84. The molecule has 0 spiro atoms. The van der Waals surface area contributed by atoms with Crippen LogP contribution in [0.1, 0.15) is 13.8 Å². The number of hydrogen-bond donors (Lipinski definition) is 2. The first-order chi connectivity index (χ1) is 6.17. The molecule has 1 aliphatic rings. The molecule has 0 aromatic heterocycles. The number of allylic oxidation sites excluding steroid dienone is 1. The van der Waals surface area contributed by atoms with Crippen LogP contribution in [-0.4, -0.2) is 35.3 Å². The lowest BCUT2D eigenvalue weighted by molar-refractivity contribution is -0.186. The van der Waals surface area contributed by atoms with Crippen molar-refractivity contribution in [2.45, 2.75) is 19.7 Å². The van der Waals surface area contributed by atoms with Gasteiger partial charge in [0.15, 0.2) is 0 Å². The van der Waals surface area contributed by atoms with Crippen LogP contribution >= 0.6 is 0 Å². The van der Waals surface area contributed by atoms with Crippen LogP contribution in [0.3, 0.4) is 0 Å². The SMILES string of the molecule is CCONC(C)(O)N1C=CC=NC1. The summed E-state index contributed by atoms with van der Waals surface area (Å²) in [7, 11) is 0. The van der Waals surface area contributed by atoms with Gasteiger partial charge in [-0.3, -0.25) is 9.83 Å². The molecule has 13 heavy (non-hydrogen) atoms. The molecule has 5 heteroatoms. The molecule has 74 valence electrons. The van der Waals surface area contributed by atoms with Gasteiger partial charge in [0.1, 0.15) is 6.67 Å². The van der Waals surface area contributed by atoms with E-state index in [0.717, 1.165) is 0 Å². The summed E-state index contributed by atoms with van der Waals surface area (Å²) in [6, 6.07) is 0. The van der Waals surface area contributed by atoms with Gasteiger partial charge in [-0.1, -0.05) is 0 Å². The molecule has 0 aromatic rings. The first-order valence-electron chi connectivity index (χ1n) is 4.21. The minimum atomic E-state index is -1.22. The Morgan fingerprint density at radius 3 is 3.08 bits per heavy atom. The van der Waals surface area contributed by atoms with Crippen molar-refractivity contribution in [3.8, 4) is 0 Å². The maximum Gasteiger partial charge on any atom is 0.215 e. The highest BCUT2D eigenvalue weighted by Gasteiger charge is 2.26. The number of nitrogens with zero attached hydrogens (tertiary/aromatic N) is 2. The summed E-state index contributed by atoms with van der Waals surface area (Å²) >= 11 is 0. The standard InChI is InChI=1S/C8H15N3O2/c1-3-13-10-8(2,12)11-6-4-5-9-7-11/h4-6,10,12H,3,7H2,1-2H3.